The maximum atomic E-state index is 14.8. The molecule has 0 spiro atoms. The molecule has 4 aromatic carbocycles. The van der Waals surface area contributed by atoms with E-state index in [9.17, 15) is 19.8 Å². The number of nitrogens with one attached hydrogen (secondary N) is 1. The first-order valence-electron chi connectivity index (χ1n) is 22.4. The minimum Gasteiger partial charge on any atom is -0.497 e. The molecule has 6 aliphatic rings. The zero-order valence-electron chi connectivity index (χ0n) is 36.3. The number of methoxy groups -OCH3 is 1. The van der Waals surface area contributed by atoms with Crippen LogP contribution in [0.15, 0.2) is 109 Å². The Bertz CT molecular complexity index is 2190. The van der Waals surface area contributed by atoms with E-state index in [4.69, 9.17) is 4.74 Å². The van der Waals surface area contributed by atoms with Gasteiger partial charge < -0.3 is 25.2 Å². The summed E-state index contributed by atoms with van der Waals surface area (Å²) in [6.45, 7) is 9.91. The lowest BCUT2D eigenvalue weighted by atomic mass is 9.45. The molecule has 0 radical (unpaired) electrons. The summed E-state index contributed by atoms with van der Waals surface area (Å²) in [4.78, 5) is 31.3. The van der Waals surface area contributed by atoms with Crippen LogP contribution in [0.2, 0.25) is 0 Å². The number of carbonyl (C=O) groups excluding carboxylic acids is 2. The van der Waals surface area contributed by atoms with Crippen LogP contribution in [-0.2, 0) is 6.42 Å². The SMILES string of the molecule is COc1ccc(NC(=O)N(CC2CCC3CC2C3(C)C)CC2(O)CCC3c4ccc(cc4C(=O)c4ccc(-c5ccccc5)cc4)CC(O)CCC(C)=CCCC32C)cc1. The number of rotatable bonds is 9. The molecule has 7 unspecified atom stereocenters. The molecule has 60 heavy (non-hydrogen) atoms. The maximum Gasteiger partial charge on any atom is 0.321 e. The Kier molecular flexibility index (Phi) is 11.9. The van der Waals surface area contributed by atoms with Crippen LogP contribution in [0.5, 0.6) is 5.75 Å². The summed E-state index contributed by atoms with van der Waals surface area (Å²) < 4.78 is 5.38. The molecule has 0 aliphatic heterocycles. The second-order valence-electron chi connectivity index (χ2n) is 19.5. The Hall–Kier alpha value is -4.72. The molecule has 4 aromatic rings. The van der Waals surface area contributed by atoms with Gasteiger partial charge in [0.2, 0.25) is 0 Å². The smallest absolute Gasteiger partial charge is 0.321 e. The number of aliphatic hydroxyl groups is 2. The summed E-state index contributed by atoms with van der Waals surface area (Å²) in [6.07, 6.45) is 9.72. The molecule has 316 valence electrons. The Labute approximate surface area is 357 Å². The lowest BCUT2D eigenvalue weighted by molar-refractivity contribution is -0.117. The zero-order valence-corrected chi connectivity index (χ0v) is 36.3. The highest BCUT2D eigenvalue weighted by Gasteiger charge is 2.59. The van der Waals surface area contributed by atoms with Crippen molar-refractivity contribution in [3.8, 4) is 16.9 Å². The highest BCUT2D eigenvalue weighted by atomic mass is 16.5. The van der Waals surface area contributed by atoms with Gasteiger partial charge in [0.1, 0.15) is 5.75 Å². The van der Waals surface area contributed by atoms with Gasteiger partial charge in [-0.2, -0.15) is 0 Å². The van der Waals surface area contributed by atoms with Gasteiger partial charge in [-0.05, 0) is 153 Å². The van der Waals surface area contributed by atoms with Gasteiger partial charge in [0.15, 0.2) is 5.78 Å². The van der Waals surface area contributed by atoms with Crippen LogP contribution in [-0.4, -0.2) is 58.8 Å². The third-order valence-corrected chi connectivity index (χ3v) is 15.7. The van der Waals surface area contributed by atoms with Crippen LogP contribution in [0.25, 0.3) is 11.1 Å². The second kappa shape index (κ2) is 17.0. The number of amides is 2. The monoisotopic (exact) mass is 808 g/mol. The topological polar surface area (TPSA) is 99.1 Å². The minimum absolute atomic E-state index is 0.0548. The summed E-state index contributed by atoms with van der Waals surface area (Å²) in [5, 5.41) is 27.7. The Morgan fingerprint density at radius 2 is 1.60 bits per heavy atom. The number of hydrogen-bond acceptors (Lipinski definition) is 5. The van der Waals surface area contributed by atoms with Crippen LogP contribution in [0.3, 0.4) is 0 Å². The van der Waals surface area contributed by atoms with E-state index >= 15 is 0 Å². The zero-order chi connectivity index (χ0) is 42.2. The van der Waals surface area contributed by atoms with E-state index < -0.39 is 17.1 Å². The van der Waals surface area contributed by atoms with Crippen molar-refractivity contribution in [1.82, 2.24) is 4.90 Å². The normalized spacial score (nSPS) is 28.4. The van der Waals surface area contributed by atoms with Crippen molar-refractivity contribution < 1.29 is 24.5 Å². The number of nitrogens with zero attached hydrogens (tertiary/aromatic N) is 1. The van der Waals surface area contributed by atoms with Crippen LogP contribution in [0.1, 0.15) is 118 Å². The van der Waals surface area contributed by atoms with Gasteiger partial charge in [-0.1, -0.05) is 99.2 Å². The maximum absolute atomic E-state index is 14.8. The number of ketones is 1. The highest BCUT2D eigenvalue weighted by molar-refractivity contribution is 6.10. The van der Waals surface area contributed by atoms with E-state index in [1.807, 2.05) is 77.7 Å². The number of carbonyl (C=O) groups is 2. The number of ether oxygens (including phenoxy) is 1. The van der Waals surface area contributed by atoms with E-state index in [1.54, 1.807) is 7.11 Å². The van der Waals surface area contributed by atoms with E-state index in [2.05, 4.69) is 63.4 Å². The molecule has 0 heterocycles. The van der Waals surface area contributed by atoms with E-state index in [0.717, 1.165) is 53.2 Å². The summed E-state index contributed by atoms with van der Waals surface area (Å²) in [6, 6.07) is 31.4. The first-order chi connectivity index (χ1) is 28.8. The fourth-order valence-electron chi connectivity index (χ4n) is 11.7. The van der Waals surface area contributed by atoms with E-state index in [0.29, 0.717) is 67.3 Å². The van der Waals surface area contributed by atoms with Crippen molar-refractivity contribution in [3.63, 3.8) is 0 Å². The standard InChI is InChI=1S/C53H64N2O5/c1-35-10-9-28-52(4)47(45-26-14-36(30-43(56)23-13-35)31-46(45)49(57)39-17-15-38(16-18-39)37-11-7-6-8-12-37)27-29-53(52,59)34-55(33-40-19-20-41-32-48(40)51(41,2)3)50(58)54-42-21-24-44(60-5)25-22-42/h6-8,10-12,14-18,21-22,24-26,31,40-41,43,47-48,56,59H,9,13,19-20,23,27-30,32-34H2,1-5H3,(H,54,58). The number of urea groups is 1. The Morgan fingerprint density at radius 3 is 2.30 bits per heavy atom. The van der Waals surface area contributed by atoms with Gasteiger partial charge >= 0.3 is 6.03 Å². The summed E-state index contributed by atoms with van der Waals surface area (Å²) >= 11 is 0. The fourth-order valence-corrected chi connectivity index (χ4v) is 11.7. The number of hydrogen-bond donors (Lipinski definition) is 3. The van der Waals surface area contributed by atoms with E-state index in [-0.39, 0.29) is 29.7 Å². The van der Waals surface area contributed by atoms with Crippen molar-refractivity contribution in [2.24, 2.45) is 28.6 Å². The number of fused-ring (bicyclic) bond motifs is 10. The van der Waals surface area contributed by atoms with Crippen molar-refractivity contribution >= 4 is 17.5 Å². The van der Waals surface area contributed by atoms with Crippen molar-refractivity contribution in [3.05, 3.63) is 131 Å². The molecule has 4 bridgehead atoms. The minimum atomic E-state index is -1.23. The molecule has 4 fully saturated rings. The number of anilines is 1. The largest absolute Gasteiger partial charge is 0.497 e. The van der Waals surface area contributed by atoms with Crippen LogP contribution in [0.4, 0.5) is 10.5 Å². The first kappa shape index (κ1) is 42.0. The molecule has 7 atom stereocenters. The lowest BCUT2D eigenvalue weighted by Crippen LogP contribution is -2.58. The second-order valence-corrected chi connectivity index (χ2v) is 19.5. The molecular formula is C53H64N2O5. The molecule has 4 saturated carbocycles. The molecular weight excluding hydrogens is 745 g/mol. The first-order valence-corrected chi connectivity index (χ1v) is 22.4. The average molecular weight is 809 g/mol. The fraction of sp³-hybridized carbons (Fsp3) is 0.472. The Balaban J connectivity index is 1.16. The van der Waals surface area contributed by atoms with Crippen LogP contribution < -0.4 is 10.1 Å². The number of benzene rings is 4. The van der Waals surface area contributed by atoms with Gasteiger partial charge in [-0.25, -0.2) is 4.79 Å². The molecule has 0 aromatic heterocycles. The van der Waals surface area contributed by atoms with Crippen LogP contribution >= 0.6 is 0 Å². The summed E-state index contributed by atoms with van der Waals surface area (Å²) in [5.41, 5.74) is 5.52. The van der Waals surface area contributed by atoms with Gasteiger partial charge in [0.05, 0.1) is 25.4 Å². The van der Waals surface area contributed by atoms with E-state index in [1.165, 1.54) is 18.4 Å². The van der Waals surface area contributed by atoms with Crippen molar-refractivity contribution in [2.45, 2.75) is 110 Å². The van der Waals surface area contributed by atoms with Crippen molar-refractivity contribution in [2.75, 3.05) is 25.5 Å². The molecule has 6 aliphatic carbocycles. The predicted molar refractivity (Wildman–Crippen MR) is 240 cm³/mol. The molecule has 10 rings (SSSR count). The van der Waals surface area contributed by atoms with Gasteiger partial charge in [-0.3, -0.25) is 4.79 Å². The molecule has 0 saturated heterocycles. The third-order valence-electron chi connectivity index (χ3n) is 15.7. The van der Waals surface area contributed by atoms with Gasteiger partial charge in [0, 0.05) is 28.8 Å². The molecule has 2 amide bonds. The quantitative estimate of drug-likeness (QED) is 0.116. The van der Waals surface area contributed by atoms with Crippen LogP contribution in [0, 0.1) is 28.6 Å². The Morgan fingerprint density at radius 1 is 0.867 bits per heavy atom. The van der Waals surface area contributed by atoms with Gasteiger partial charge in [-0.15, -0.1) is 0 Å². The number of allylic oxidation sites excluding steroid dienone is 2. The third kappa shape index (κ3) is 8.20. The predicted octanol–water partition coefficient (Wildman–Crippen LogP) is 11.2. The van der Waals surface area contributed by atoms with Gasteiger partial charge in [0.25, 0.3) is 0 Å². The lowest BCUT2D eigenvalue weighted by Gasteiger charge is -2.60. The highest BCUT2D eigenvalue weighted by Crippen LogP contribution is 2.62. The van der Waals surface area contributed by atoms with Crippen molar-refractivity contribution in [1.29, 1.82) is 0 Å². The molecule has 3 N–H and O–H groups in total. The summed E-state index contributed by atoms with van der Waals surface area (Å²) in [5.74, 6) is 2.17. The molecule has 7 nitrogen and oxygen atoms in total. The average Bonchev–Trinajstić information content (AvgIpc) is 3.51. The number of aliphatic hydroxyl groups excluding tert-OH is 1. The summed E-state index contributed by atoms with van der Waals surface area (Å²) in [7, 11) is 1.63. The molecule has 7 heteroatoms.